The summed E-state index contributed by atoms with van der Waals surface area (Å²) in [6.07, 6.45) is -7.82. The normalized spacial score (nSPS) is 18.0. The third kappa shape index (κ3) is 8.24. The zero-order valence-corrected chi connectivity index (χ0v) is 10.5. The summed E-state index contributed by atoms with van der Waals surface area (Å²) in [6.45, 7) is -2.23. The van der Waals surface area contributed by atoms with Crippen LogP contribution in [0.2, 0.25) is 0 Å². The number of Topliss-reactive ketones (excluding diaryl/α,β-unsaturated/α-hetero) is 1. The Balaban J connectivity index is 0. The molecule has 0 aromatic rings. The van der Waals surface area contributed by atoms with Gasteiger partial charge in [-0.1, -0.05) is 0 Å². The average molecular weight is 300 g/mol. The van der Waals surface area contributed by atoms with Crippen molar-refractivity contribution >= 4 is 12.1 Å². The zero-order chi connectivity index (χ0) is 16.3. The van der Waals surface area contributed by atoms with Crippen molar-refractivity contribution in [3.05, 3.63) is 0 Å². The van der Waals surface area contributed by atoms with E-state index in [4.69, 9.17) is 40.9 Å². The minimum absolute atomic E-state index is 0.0869. The molecule has 0 aliphatic heterocycles. The van der Waals surface area contributed by atoms with Crippen molar-refractivity contribution in [2.75, 3.05) is 19.8 Å². The van der Waals surface area contributed by atoms with Crippen LogP contribution < -0.4 is 0 Å². The van der Waals surface area contributed by atoms with Crippen LogP contribution in [0.5, 0.6) is 0 Å². The first kappa shape index (κ1) is 21.3. The topological polar surface area (TPSA) is 196 Å². The molecule has 5 atom stereocenters. The smallest absolute Gasteiger partial charge is 0.189 e. The Morgan fingerprint density at radius 3 is 1.65 bits per heavy atom. The number of ketones is 1. The molecule has 10 heteroatoms. The summed E-state index contributed by atoms with van der Waals surface area (Å²) in [7, 11) is 0. The van der Waals surface area contributed by atoms with Gasteiger partial charge in [0.2, 0.25) is 0 Å². The van der Waals surface area contributed by atoms with E-state index in [1.165, 1.54) is 0 Å². The molecular formula is C10H20O10. The summed E-state index contributed by atoms with van der Waals surface area (Å²) in [4.78, 5) is 20.1. The standard InChI is InChI=1S/2C5H10O5/c2*6-1-3(8)5(10)4(9)2-7/h3,5-8,10H,1-2H2;1,3-5,7-10H,2H2/t3-,5+;3-,4+,5+/m01/s1. The van der Waals surface area contributed by atoms with Crippen molar-refractivity contribution in [2.45, 2.75) is 30.5 Å². The molecule has 0 saturated heterocycles. The van der Waals surface area contributed by atoms with Crippen LogP contribution in [-0.2, 0) is 9.59 Å². The maximum atomic E-state index is 10.3. The molecule has 0 heterocycles. The molecular weight excluding hydrogens is 280 g/mol. The second-order valence-corrected chi connectivity index (χ2v) is 3.69. The average Bonchev–Trinajstić information content (AvgIpc) is 2.50. The van der Waals surface area contributed by atoms with E-state index in [1.807, 2.05) is 0 Å². The molecule has 8 N–H and O–H groups in total. The number of hydrogen-bond acceptors (Lipinski definition) is 10. The SMILES string of the molecule is O=C(CO)[C@H](O)[C@@H](O)CO.O=C[C@@H](O)[C@H](O)[C@@H](O)CO. The van der Waals surface area contributed by atoms with Crippen LogP contribution in [0.15, 0.2) is 0 Å². The van der Waals surface area contributed by atoms with Gasteiger partial charge < -0.3 is 45.6 Å². The Labute approximate surface area is 114 Å². The van der Waals surface area contributed by atoms with Gasteiger partial charge in [-0.25, -0.2) is 0 Å². The minimum atomic E-state index is -1.69. The Morgan fingerprint density at radius 1 is 0.900 bits per heavy atom. The van der Waals surface area contributed by atoms with Crippen molar-refractivity contribution in [1.29, 1.82) is 0 Å². The van der Waals surface area contributed by atoms with Gasteiger partial charge in [0.15, 0.2) is 12.1 Å². The molecule has 0 rings (SSSR count). The Kier molecular flexibility index (Phi) is 12.6. The van der Waals surface area contributed by atoms with E-state index in [0.29, 0.717) is 0 Å². The predicted octanol–water partition coefficient (Wildman–Crippen LogP) is -5.48. The van der Waals surface area contributed by atoms with Crippen molar-refractivity contribution in [3.63, 3.8) is 0 Å². The van der Waals surface area contributed by atoms with Gasteiger partial charge in [0.25, 0.3) is 0 Å². The van der Waals surface area contributed by atoms with E-state index < -0.39 is 56.1 Å². The molecule has 0 saturated carbocycles. The van der Waals surface area contributed by atoms with Crippen LogP contribution in [0.3, 0.4) is 0 Å². The summed E-state index contributed by atoms with van der Waals surface area (Å²) in [5.41, 5.74) is 0. The van der Waals surface area contributed by atoms with Crippen LogP contribution in [0.25, 0.3) is 0 Å². The summed E-state index contributed by atoms with van der Waals surface area (Å²) in [5, 5.41) is 67.7. The number of aliphatic hydroxyl groups is 8. The number of carbonyl (C=O) groups excluding carboxylic acids is 2. The fraction of sp³-hybridized carbons (Fsp3) is 0.800. The summed E-state index contributed by atoms with van der Waals surface area (Å²) < 4.78 is 0. The highest BCUT2D eigenvalue weighted by Crippen LogP contribution is 1.96. The fourth-order valence-electron chi connectivity index (χ4n) is 0.824. The molecule has 120 valence electrons. The van der Waals surface area contributed by atoms with Gasteiger partial charge in [-0.15, -0.1) is 0 Å². The first-order valence-electron chi connectivity index (χ1n) is 5.47. The Bertz CT molecular complexity index is 271. The molecule has 0 aromatic carbocycles. The van der Waals surface area contributed by atoms with Crippen LogP contribution in [-0.4, -0.2) is 103 Å². The monoisotopic (exact) mass is 300 g/mol. The fourth-order valence-corrected chi connectivity index (χ4v) is 0.824. The molecule has 0 aliphatic rings. The number of rotatable bonds is 8. The second-order valence-electron chi connectivity index (χ2n) is 3.69. The molecule has 0 radical (unpaired) electrons. The quantitative estimate of drug-likeness (QED) is 0.200. The molecule has 0 spiro atoms. The molecule has 0 aromatic heterocycles. The summed E-state index contributed by atoms with van der Waals surface area (Å²) in [5.74, 6) is -0.901. The summed E-state index contributed by atoms with van der Waals surface area (Å²) in [6, 6.07) is 0. The van der Waals surface area contributed by atoms with E-state index >= 15 is 0 Å². The lowest BCUT2D eigenvalue weighted by Gasteiger charge is -2.16. The molecule has 0 fully saturated rings. The number of aldehydes is 1. The largest absolute Gasteiger partial charge is 0.394 e. The predicted molar refractivity (Wildman–Crippen MR) is 62.4 cm³/mol. The van der Waals surface area contributed by atoms with Crippen molar-refractivity contribution in [1.82, 2.24) is 0 Å². The van der Waals surface area contributed by atoms with Gasteiger partial charge in [0, 0.05) is 0 Å². The van der Waals surface area contributed by atoms with Crippen LogP contribution in [0.4, 0.5) is 0 Å². The van der Waals surface area contributed by atoms with Crippen LogP contribution in [0, 0.1) is 0 Å². The maximum Gasteiger partial charge on any atom is 0.189 e. The third-order valence-corrected chi connectivity index (χ3v) is 2.11. The lowest BCUT2D eigenvalue weighted by molar-refractivity contribution is -0.137. The van der Waals surface area contributed by atoms with Crippen LogP contribution >= 0.6 is 0 Å². The molecule has 10 nitrogen and oxygen atoms in total. The van der Waals surface area contributed by atoms with Crippen molar-refractivity contribution in [2.24, 2.45) is 0 Å². The number of carbonyl (C=O) groups is 2. The highest BCUT2D eigenvalue weighted by atomic mass is 16.4. The molecule has 0 unspecified atom stereocenters. The molecule has 0 bridgehead atoms. The number of hydrogen-bond donors (Lipinski definition) is 8. The second kappa shape index (κ2) is 11.8. The maximum absolute atomic E-state index is 10.3. The molecule has 0 amide bonds. The number of aliphatic hydroxyl groups excluding tert-OH is 8. The van der Waals surface area contributed by atoms with Gasteiger partial charge in [0.05, 0.1) is 13.2 Å². The molecule has 20 heavy (non-hydrogen) atoms. The first-order chi connectivity index (χ1) is 9.26. The summed E-state index contributed by atoms with van der Waals surface area (Å²) >= 11 is 0. The Hall–Kier alpha value is -0.980. The van der Waals surface area contributed by atoms with Gasteiger partial charge in [-0.2, -0.15) is 0 Å². The van der Waals surface area contributed by atoms with E-state index in [2.05, 4.69) is 0 Å². The van der Waals surface area contributed by atoms with Gasteiger partial charge in [0.1, 0.15) is 37.1 Å². The van der Waals surface area contributed by atoms with E-state index in [1.54, 1.807) is 0 Å². The van der Waals surface area contributed by atoms with E-state index in [9.17, 15) is 9.59 Å². The lowest BCUT2D eigenvalue weighted by atomic mass is 10.1. The highest BCUT2D eigenvalue weighted by molar-refractivity contribution is 5.84. The van der Waals surface area contributed by atoms with E-state index in [0.717, 1.165) is 0 Å². The highest BCUT2D eigenvalue weighted by Gasteiger charge is 2.23. The minimum Gasteiger partial charge on any atom is -0.394 e. The van der Waals surface area contributed by atoms with Crippen molar-refractivity contribution < 1.29 is 50.4 Å². The first-order valence-corrected chi connectivity index (χ1v) is 5.47. The lowest BCUT2D eigenvalue weighted by Crippen LogP contribution is -2.40. The molecule has 0 aliphatic carbocycles. The van der Waals surface area contributed by atoms with Crippen LogP contribution in [0.1, 0.15) is 0 Å². The van der Waals surface area contributed by atoms with Gasteiger partial charge in [-0.05, 0) is 0 Å². The van der Waals surface area contributed by atoms with E-state index in [-0.39, 0.29) is 6.29 Å². The van der Waals surface area contributed by atoms with Crippen molar-refractivity contribution in [3.8, 4) is 0 Å². The zero-order valence-electron chi connectivity index (χ0n) is 10.5. The van der Waals surface area contributed by atoms with Gasteiger partial charge >= 0.3 is 0 Å². The van der Waals surface area contributed by atoms with Gasteiger partial charge in [-0.3, -0.25) is 4.79 Å². The third-order valence-electron chi connectivity index (χ3n) is 2.11. The Morgan fingerprint density at radius 2 is 1.35 bits per heavy atom.